The molecule has 0 aliphatic carbocycles. The topological polar surface area (TPSA) is 35.5 Å². The molecule has 22 heavy (non-hydrogen) atoms. The van der Waals surface area contributed by atoms with Crippen molar-refractivity contribution >= 4 is 6.16 Å². The molecule has 0 aliphatic heterocycles. The van der Waals surface area contributed by atoms with Gasteiger partial charge in [0.1, 0.15) is 11.5 Å². The molecule has 0 saturated heterocycles. The number of para-hydroxylation sites is 1. The number of halogens is 5. The Balaban J connectivity index is 2.14. The van der Waals surface area contributed by atoms with E-state index in [2.05, 4.69) is 9.47 Å². The van der Waals surface area contributed by atoms with Crippen LogP contribution in [0.2, 0.25) is 0 Å². The summed E-state index contributed by atoms with van der Waals surface area (Å²) in [6.45, 7) is 0. The summed E-state index contributed by atoms with van der Waals surface area (Å²) >= 11 is 0. The van der Waals surface area contributed by atoms with E-state index in [4.69, 9.17) is 0 Å². The largest absolute Gasteiger partial charge is 0.519 e. The molecule has 0 unspecified atom stereocenters. The first-order valence-electron chi connectivity index (χ1n) is 5.78. The smallest absolute Gasteiger partial charge is 0.395 e. The molecular formula is C14H7F5O3. The second-order valence-corrected chi connectivity index (χ2v) is 4.02. The van der Waals surface area contributed by atoms with Crippen LogP contribution in [0.1, 0.15) is 5.56 Å². The lowest BCUT2D eigenvalue weighted by molar-refractivity contribution is -0.138. The Morgan fingerprint density at radius 2 is 1.59 bits per heavy atom. The maximum absolute atomic E-state index is 12.9. The number of hydrogen-bond acceptors (Lipinski definition) is 3. The Morgan fingerprint density at radius 3 is 2.23 bits per heavy atom. The Hall–Kier alpha value is -2.64. The fourth-order valence-electron chi connectivity index (χ4n) is 1.54. The van der Waals surface area contributed by atoms with Crippen LogP contribution >= 0.6 is 0 Å². The number of rotatable bonds is 2. The summed E-state index contributed by atoms with van der Waals surface area (Å²) in [5, 5.41) is 0. The highest BCUT2D eigenvalue weighted by Gasteiger charge is 2.34. The number of alkyl halides is 3. The van der Waals surface area contributed by atoms with Crippen molar-refractivity contribution in [1.82, 2.24) is 0 Å². The van der Waals surface area contributed by atoms with Crippen LogP contribution in [-0.4, -0.2) is 6.16 Å². The zero-order chi connectivity index (χ0) is 16.3. The first kappa shape index (κ1) is 15.7. The van der Waals surface area contributed by atoms with Gasteiger partial charge in [0.15, 0.2) is 11.6 Å². The Morgan fingerprint density at radius 1 is 0.909 bits per heavy atom. The molecule has 0 saturated carbocycles. The molecule has 0 spiro atoms. The lowest BCUT2D eigenvalue weighted by atomic mass is 10.2. The minimum atomic E-state index is -4.72. The van der Waals surface area contributed by atoms with Crippen molar-refractivity contribution in [2.75, 3.05) is 0 Å². The molecule has 0 amide bonds. The van der Waals surface area contributed by atoms with E-state index in [1.165, 1.54) is 6.07 Å². The summed E-state index contributed by atoms with van der Waals surface area (Å²) in [6, 6.07) is 6.19. The second kappa shape index (κ2) is 6.00. The summed E-state index contributed by atoms with van der Waals surface area (Å²) in [5.74, 6) is -3.61. The highest BCUT2D eigenvalue weighted by atomic mass is 19.4. The number of carbonyl (C=O) groups is 1. The van der Waals surface area contributed by atoms with Gasteiger partial charge in [0.25, 0.3) is 0 Å². The lowest BCUT2D eigenvalue weighted by Crippen LogP contribution is -2.17. The molecule has 0 bridgehead atoms. The molecule has 2 rings (SSSR count). The number of hydrogen-bond donors (Lipinski definition) is 0. The van der Waals surface area contributed by atoms with Gasteiger partial charge in [0.2, 0.25) is 0 Å². The fourth-order valence-corrected chi connectivity index (χ4v) is 1.54. The van der Waals surface area contributed by atoms with Gasteiger partial charge >= 0.3 is 12.3 Å². The third-order valence-electron chi connectivity index (χ3n) is 2.48. The Kier molecular flexibility index (Phi) is 4.30. The molecule has 8 heteroatoms. The minimum absolute atomic E-state index is 0.409. The van der Waals surface area contributed by atoms with Gasteiger partial charge in [0.05, 0.1) is 5.56 Å². The van der Waals surface area contributed by atoms with Gasteiger partial charge in [-0.05, 0) is 24.3 Å². The summed E-state index contributed by atoms with van der Waals surface area (Å²) in [6.07, 6.45) is -6.23. The quantitative estimate of drug-likeness (QED) is 0.462. The number of carbonyl (C=O) groups excluding carboxylic acids is 1. The zero-order valence-corrected chi connectivity index (χ0v) is 10.7. The summed E-state index contributed by atoms with van der Waals surface area (Å²) in [7, 11) is 0. The van der Waals surface area contributed by atoms with E-state index in [0.717, 1.165) is 24.3 Å². The average molecular weight is 318 g/mol. The first-order valence-corrected chi connectivity index (χ1v) is 5.78. The van der Waals surface area contributed by atoms with Crippen LogP contribution in [0.4, 0.5) is 26.7 Å². The van der Waals surface area contributed by atoms with Crippen LogP contribution in [0.15, 0.2) is 42.5 Å². The van der Waals surface area contributed by atoms with E-state index in [1.807, 2.05) is 0 Å². The minimum Gasteiger partial charge on any atom is -0.395 e. The van der Waals surface area contributed by atoms with Gasteiger partial charge in [-0.1, -0.05) is 12.1 Å². The van der Waals surface area contributed by atoms with Gasteiger partial charge in [-0.2, -0.15) is 13.2 Å². The Bertz CT molecular complexity index is 697. The second-order valence-electron chi connectivity index (χ2n) is 4.02. The van der Waals surface area contributed by atoms with Crippen molar-refractivity contribution < 1.29 is 36.2 Å². The standard InChI is InChI=1S/C14H7F5O3/c15-10-6-5-8(7-11(10)16)21-13(20)22-12-4-2-1-3-9(12)14(17,18)19/h1-7H. The predicted octanol–water partition coefficient (Wildman–Crippen LogP) is 4.56. The molecule has 0 fully saturated rings. The molecule has 0 atom stereocenters. The lowest BCUT2D eigenvalue weighted by Gasteiger charge is -2.12. The molecule has 0 aliphatic rings. The summed E-state index contributed by atoms with van der Waals surface area (Å²) < 4.78 is 72.7. The Labute approximate surface area is 120 Å². The fraction of sp³-hybridized carbons (Fsp3) is 0.0714. The van der Waals surface area contributed by atoms with Gasteiger partial charge in [0, 0.05) is 6.07 Å². The van der Waals surface area contributed by atoms with Crippen molar-refractivity contribution in [2.45, 2.75) is 6.18 Å². The SMILES string of the molecule is O=C(Oc1ccc(F)c(F)c1)Oc1ccccc1C(F)(F)F. The molecule has 116 valence electrons. The third kappa shape index (κ3) is 3.72. The highest BCUT2D eigenvalue weighted by Crippen LogP contribution is 2.36. The number of ether oxygens (including phenoxy) is 2. The average Bonchev–Trinajstić information content (AvgIpc) is 2.42. The molecule has 3 nitrogen and oxygen atoms in total. The van der Waals surface area contributed by atoms with Crippen molar-refractivity contribution in [2.24, 2.45) is 0 Å². The first-order chi connectivity index (χ1) is 10.3. The predicted molar refractivity (Wildman–Crippen MR) is 64.5 cm³/mol. The third-order valence-corrected chi connectivity index (χ3v) is 2.48. The maximum atomic E-state index is 12.9. The van der Waals surface area contributed by atoms with E-state index >= 15 is 0 Å². The highest BCUT2D eigenvalue weighted by molar-refractivity contribution is 5.67. The van der Waals surface area contributed by atoms with Gasteiger partial charge < -0.3 is 9.47 Å². The van der Waals surface area contributed by atoms with E-state index in [9.17, 15) is 26.7 Å². The summed E-state index contributed by atoms with van der Waals surface area (Å²) in [4.78, 5) is 11.4. The molecule has 0 radical (unpaired) electrons. The summed E-state index contributed by atoms with van der Waals surface area (Å²) in [5.41, 5.74) is -1.17. The van der Waals surface area contributed by atoms with Crippen molar-refractivity contribution in [3.63, 3.8) is 0 Å². The van der Waals surface area contributed by atoms with E-state index in [-0.39, 0.29) is 0 Å². The molecular weight excluding hydrogens is 311 g/mol. The van der Waals surface area contributed by atoms with Crippen LogP contribution in [-0.2, 0) is 6.18 Å². The van der Waals surface area contributed by atoms with Crippen molar-refractivity contribution in [1.29, 1.82) is 0 Å². The normalized spacial score (nSPS) is 11.1. The molecule has 2 aromatic rings. The molecule has 0 N–H and O–H groups in total. The maximum Gasteiger partial charge on any atom is 0.519 e. The zero-order valence-electron chi connectivity index (χ0n) is 10.7. The van der Waals surface area contributed by atoms with Crippen molar-refractivity contribution in [3.05, 3.63) is 59.7 Å². The molecule has 2 aromatic carbocycles. The van der Waals surface area contributed by atoms with Crippen LogP contribution in [0, 0.1) is 11.6 Å². The molecule has 0 heterocycles. The monoisotopic (exact) mass is 318 g/mol. The van der Waals surface area contributed by atoms with Crippen LogP contribution in [0.25, 0.3) is 0 Å². The van der Waals surface area contributed by atoms with Gasteiger partial charge in [-0.3, -0.25) is 0 Å². The van der Waals surface area contributed by atoms with Crippen LogP contribution in [0.5, 0.6) is 11.5 Å². The van der Waals surface area contributed by atoms with E-state index in [0.29, 0.717) is 12.1 Å². The number of benzene rings is 2. The van der Waals surface area contributed by atoms with Crippen molar-refractivity contribution in [3.8, 4) is 11.5 Å². The van der Waals surface area contributed by atoms with E-state index < -0.39 is 41.0 Å². The van der Waals surface area contributed by atoms with Crippen LogP contribution in [0.3, 0.4) is 0 Å². The van der Waals surface area contributed by atoms with Gasteiger partial charge in [-0.25, -0.2) is 13.6 Å². The van der Waals surface area contributed by atoms with Crippen LogP contribution < -0.4 is 9.47 Å². The van der Waals surface area contributed by atoms with Gasteiger partial charge in [-0.15, -0.1) is 0 Å². The van der Waals surface area contributed by atoms with E-state index in [1.54, 1.807) is 0 Å². The molecule has 0 aromatic heterocycles.